The first-order valence-corrected chi connectivity index (χ1v) is 12.2. The number of halogens is 1. The highest BCUT2D eigenvalue weighted by atomic mass is 35.5. The molecule has 0 aliphatic rings. The maximum Gasteiger partial charge on any atom is 0.282 e. The molecule has 0 aliphatic heterocycles. The number of para-hydroxylation sites is 1. The van der Waals surface area contributed by atoms with E-state index in [2.05, 4.69) is 11.7 Å². The number of aromatic nitrogens is 2. The number of benzene rings is 3. The van der Waals surface area contributed by atoms with Crippen molar-refractivity contribution in [1.29, 1.82) is 0 Å². The molecule has 0 N–H and O–H groups in total. The van der Waals surface area contributed by atoms with Crippen LogP contribution in [0.4, 0.5) is 0 Å². The van der Waals surface area contributed by atoms with Crippen molar-refractivity contribution in [1.82, 2.24) is 9.66 Å². The third-order valence-corrected chi connectivity index (χ3v) is 6.00. The van der Waals surface area contributed by atoms with E-state index in [0.717, 1.165) is 5.39 Å². The lowest BCUT2D eigenvalue weighted by Crippen LogP contribution is -2.20. The van der Waals surface area contributed by atoms with Crippen LogP contribution >= 0.6 is 11.6 Å². The number of nitrogens with zero attached hydrogens (tertiary/aromatic N) is 3. The lowest BCUT2D eigenvalue weighted by Gasteiger charge is -2.13. The minimum Gasteiger partial charge on any atom is -0.496 e. The minimum absolute atomic E-state index is 0.241. The van der Waals surface area contributed by atoms with Gasteiger partial charge in [0.05, 0.1) is 41.2 Å². The van der Waals surface area contributed by atoms with Crippen LogP contribution in [-0.4, -0.2) is 36.2 Å². The van der Waals surface area contributed by atoms with Crippen molar-refractivity contribution in [2.24, 2.45) is 5.10 Å². The van der Waals surface area contributed by atoms with E-state index in [1.807, 2.05) is 31.2 Å². The summed E-state index contributed by atoms with van der Waals surface area (Å²) in [5.41, 5.74) is 1.37. The van der Waals surface area contributed by atoms with Gasteiger partial charge in [0, 0.05) is 0 Å². The van der Waals surface area contributed by atoms with Gasteiger partial charge in [-0.25, -0.2) is 4.98 Å². The van der Waals surface area contributed by atoms with E-state index >= 15 is 0 Å². The van der Waals surface area contributed by atoms with Crippen molar-refractivity contribution >= 4 is 39.7 Å². The lowest BCUT2D eigenvalue weighted by atomic mass is 10.2. The number of furan rings is 1. The van der Waals surface area contributed by atoms with E-state index in [1.165, 1.54) is 10.9 Å². The summed E-state index contributed by atoms with van der Waals surface area (Å²) in [7, 11) is 1.59. The molecule has 8 nitrogen and oxygen atoms in total. The summed E-state index contributed by atoms with van der Waals surface area (Å²) in [4.78, 5) is 18.3. The van der Waals surface area contributed by atoms with Crippen LogP contribution in [0, 0.1) is 0 Å². The van der Waals surface area contributed by atoms with Crippen LogP contribution in [0.2, 0.25) is 5.02 Å². The SMILES string of the molecule is C=CCOc1c(Cl)cc(C=Nn2c(-c3cc4c(OC)cccc4o3)nc3ccccc3c2=O)cc1OCC. The number of ether oxygens (including phenoxy) is 3. The zero-order valence-electron chi connectivity index (χ0n) is 20.8. The molecule has 0 fully saturated rings. The molecule has 0 bridgehead atoms. The van der Waals surface area contributed by atoms with Crippen LogP contribution in [0.5, 0.6) is 17.2 Å². The Morgan fingerprint density at radius 3 is 2.71 bits per heavy atom. The van der Waals surface area contributed by atoms with Crippen molar-refractivity contribution in [3.8, 4) is 28.8 Å². The number of rotatable bonds is 9. The van der Waals surface area contributed by atoms with Crippen molar-refractivity contribution in [2.45, 2.75) is 6.92 Å². The maximum atomic E-state index is 13.6. The third kappa shape index (κ3) is 4.73. The van der Waals surface area contributed by atoms with Crippen LogP contribution in [0.3, 0.4) is 0 Å². The normalized spacial score (nSPS) is 11.3. The Labute approximate surface area is 223 Å². The topological polar surface area (TPSA) is 88.1 Å². The van der Waals surface area contributed by atoms with Gasteiger partial charge in [0.2, 0.25) is 5.82 Å². The molecule has 2 heterocycles. The predicted octanol–water partition coefficient (Wildman–Crippen LogP) is 6.32. The number of methoxy groups -OCH3 is 1. The summed E-state index contributed by atoms with van der Waals surface area (Å²) in [6.07, 6.45) is 3.13. The van der Waals surface area contributed by atoms with Crippen molar-refractivity contribution < 1.29 is 18.6 Å². The van der Waals surface area contributed by atoms with Crippen molar-refractivity contribution in [3.63, 3.8) is 0 Å². The molecule has 0 unspecified atom stereocenters. The molecule has 5 rings (SSSR count). The number of hydrogen-bond donors (Lipinski definition) is 0. The third-order valence-electron chi connectivity index (χ3n) is 5.72. The standard InChI is InChI=1S/C29H24ClN3O5/c1-4-13-37-27-21(30)14-18(15-25(27)36-5-2)17-31-33-28(32-22-10-7-6-9-19(22)29(33)34)26-16-20-23(35-3)11-8-12-24(20)38-26/h4,6-12,14-17H,1,5,13H2,2-3H3. The van der Waals surface area contributed by atoms with Crippen LogP contribution in [-0.2, 0) is 0 Å². The molecular weight excluding hydrogens is 506 g/mol. The molecule has 192 valence electrons. The molecule has 0 spiro atoms. The molecule has 0 saturated carbocycles. The highest BCUT2D eigenvalue weighted by molar-refractivity contribution is 6.32. The van der Waals surface area contributed by atoms with Crippen LogP contribution < -0.4 is 19.8 Å². The van der Waals surface area contributed by atoms with Gasteiger partial charge >= 0.3 is 0 Å². The second kappa shape index (κ2) is 10.8. The zero-order valence-corrected chi connectivity index (χ0v) is 21.6. The van der Waals surface area contributed by atoms with Gasteiger partial charge in [-0.05, 0) is 55.0 Å². The summed E-state index contributed by atoms with van der Waals surface area (Å²) in [5.74, 6) is 2.12. The van der Waals surface area contributed by atoms with E-state index in [0.29, 0.717) is 56.7 Å². The molecule has 0 atom stereocenters. The fourth-order valence-corrected chi connectivity index (χ4v) is 4.32. The van der Waals surface area contributed by atoms with E-state index in [-0.39, 0.29) is 18.0 Å². The Kier molecular flexibility index (Phi) is 7.15. The average Bonchev–Trinajstić information content (AvgIpc) is 3.37. The van der Waals surface area contributed by atoms with Gasteiger partial charge in [0.25, 0.3) is 5.56 Å². The first kappa shape index (κ1) is 25.1. The predicted molar refractivity (Wildman–Crippen MR) is 149 cm³/mol. The lowest BCUT2D eigenvalue weighted by molar-refractivity contribution is 0.297. The number of fused-ring (bicyclic) bond motifs is 2. The van der Waals surface area contributed by atoms with Crippen LogP contribution in [0.25, 0.3) is 33.5 Å². The monoisotopic (exact) mass is 529 g/mol. The molecule has 0 aliphatic carbocycles. The van der Waals surface area contributed by atoms with E-state index in [1.54, 1.807) is 49.6 Å². The smallest absolute Gasteiger partial charge is 0.282 e. The first-order chi connectivity index (χ1) is 18.5. The van der Waals surface area contributed by atoms with Crippen molar-refractivity contribution in [2.75, 3.05) is 20.3 Å². The summed E-state index contributed by atoms with van der Waals surface area (Å²) in [6, 6.07) is 17.8. The van der Waals surface area contributed by atoms with E-state index in [9.17, 15) is 4.79 Å². The summed E-state index contributed by atoms with van der Waals surface area (Å²) < 4.78 is 24.1. The minimum atomic E-state index is -0.351. The Morgan fingerprint density at radius 2 is 1.92 bits per heavy atom. The largest absolute Gasteiger partial charge is 0.496 e. The van der Waals surface area contributed by atoms with Gasteiger partial charge in [-0.3, -0.25) is 4.79 Å². The fraction of sp³-hybridized carbons (Fsp3) is 0.138. The van der Waals surface area contributed by atoms with Gasteiger partial charge in [-0.1, -0.05) is 42.5 Å². The molecular formula is C29H24ClN3O5. The number of hydrogen-bond acceptors (Lipinski definition) is 7. The Morgan fingerprint density at radius 1 is 1.08 bits per heavy atom. The molecule has 0 amide bonds. The average molecular weight is 530 g/mol. The molecule has 0 saturated heterocycles. The van der Waals surface area contributed by atoms with Crippen molar-refractivity contribution in [3.05, 3.63) is 94.3 Å². The van der Waals surface area contributed by atoms with E-state index < -0.39 is 0 Å². The zero-order chi connectivity index (χ0) is 26.6. The summed E-state index contributed by atoms with van der Waals surface area (Å²) in [5, 5.41) is 6.02. The van der Waals surface area contributed by atoms with E-state index in [4.69, 9.17) is 35.2 Å². The molecule has 2 aromatic heterocycles. The quantitative estimate of drug-likeness (QED) is 0.164. The van der Waals surface area contributed by atoms with Gasteiger partial charge in [-0.15, -0.1) is 0 Å². The molecule has 5 aromatic rings. The van der Waals surface area contributed by atoms with Gasteiger partial charge in [0.1, 0.15) is 17.9 Å². The maximum absolute atomic E-state index is 13.6. The molecule has 3 aromatic carbocycles. The molecule has 9 heteroatoms. The second-order valence-electron chi connectivity index (χ2n) is 8.16. The Bertz CT molecular complexity index is 1740. The van der Waals surface area contributed by atoms with Crippen LogP contribution in [0.1, 0.15) is 12.5 Å². The first-order valence-electron chi connectivity index (χ1n) is 11.9. The highest BCUT2D eigenvalue weighted by Gasteiger charge is 2.18. The second-order valence-corrected chi connectivity index (χ2v) is 8.57. The van der Waals surface area contributed by atoms with Gasteiger partial charge in [0.15, 0.2) is 17.3 Å². The van der Waals surface area contributed by atoms with Gasteiger partial charge < -0.3 is 18.6 Å². The van der Waals surface area contributed by atoms with Crippen LogP contribution in [0.15, 0.2) is 87.6 Å². The molecule has 0 radical (unpaired) electrons. The highest BCUT2D eigenvalue weighted by Crippen LogP contribution is 2.37. The Balaban J connectivity index is 1.66. The Hall–Kier alpha value is -4.56. The summed E-state index contributed by atoms with van der Waals surface area (Å²) >= 11 is 6.49. The van der Waals surface area contributed by atoms with Gasteiger partial charge in [-0.2, -0.15) is 9.78 Å². The fourth-order valence-electron chi connectivity index (χ4n) is 4.04. The summed E-state index contributed by atoms with van der Waals surface area (Å²) in [6.45, 7) is 6.21. The molecule has 38 heavy (non-hydrogen) atoms.